The largest absolute Gasteiger partial charge is 0.373 e. The van der Waals surface area contributed by atoms with E-state index in [0.717, 1.165) is 31.6 Å². The van der Waals surface area contributed by atoms with E-state index in [1.54, 1.807) is 0 Å². The maximum atomic E-state index is 11.6. The first-order chi connectivity index (χ1) is 8.63. The van der Waals surface area contributed by atoms with Gasteiger partial charge in [0.25, 0.3) is 0 Å². The molecule has 0 radical (unpaired) electrons. The Morgan fingerprint density at radius 3 is 2.56 bits per heavy atom. The van der Waals surface area contributed by atoms with Gasteiger partial charge in [0.1, 0.15) is 0 Å². The van der Waals surface area contributed by atoms with Crippen molar-refractivity contribution >= 4 is 5.91 Å². The molecule has 0 unspecified atom stereocenters. The van der Waals surface area contributed by atoms with Crippen LogP contribution in [-0.4, -0.2) is 30.7 Å². The van der Waals surface area contributed by atoms with Crippen molar-refractivity contribution in [2.24, 2.45) is 11.7 Å². The van der Waals surface area contributed by atoms with Gasteiger partial charge in [0.05, 0.1) is 12.2 Å². The minimum Gasteiger partial charge on any atom is -0.373 e. The molecule has 18 heavy (non-hydrogen) atoms. The lowest BCUT2D eigenvalue weighted by Gasteiger charge is -2.38. The molecule has 0 bridgehead atoms. The lowest BCUT2D eigenvalue weighted by atomic mass is 9.79. The first kappa shape index (κ1) is 13.8. The highest BCUT2D eigenvalue weighted by Crippen LogP contribution is 2.34. The van der Waals surface area contributed by atoms with E-state index in [4.69, 9.17) is 10.5 Å². The molecule has 4 heteroatoms. The molecule has 0 aliphatic heterocycles. The zero-order valence-electron chi connectivity index (χ0n) is 11.4. The Hall–Kier alpha value is -0.610. The Morgan fingerprint density at radius 2 is 2.00 bits per heavy atom. The zero-order valence-corrected chi connectivity index (χ0v) is 11.4. The molecular formula is C14H26N2O2. The van der Waals surface area contributed by atoms with Gasteiger partial charge in [-0.3, -0.25) is 4.79 Å². The number of amides is 1. The zero-order chi connectivity index (χ0) is 13.0. The summed E-state index contributed by atoms with van der Waals surface area (Å²) in [5, 5.41) is 2.98. The van der Waals surface area contributed by atoms with E-state index >= 15 is 0 Å². The van der Waals surface area contributed by atoms with Gasteiger partial charge in [-0.2, -0.15) is 0 Å². The van der Waals surface area contributed by atoms with Gasteiger partial charge in [-0.15, -0.1) is 0 Å². The summed E-state index contributed by atoms with van der Waals surface area (Å²) in [6.45, 7) is 3.36. The van der Waals surface area contributed by atoms with E-state index in [1.165, 1.54) is 12.8 Å². The van der Waals surface area contributed by atoms with Crippen molar-refractivity contribution in [1.29, 1.82) is 0 Å². The SMILES string of the molecule is CC1CCC(CN)(OCCC(=O)NC2CC2)CC1. The summed E-state index contributed by atoms with van der Waals surface area (Å²) in [4.78, 5) is 11.6. The fraction of sp³-hybridized carbons (Fsp3) is 0.929. The highest BCUT2D eigenvalue weighted by Gasteiger charge is 2.34. The summed E-state index contributed by atoms with van der Waals surface area (Å²) in [7, 11) is 0. The van der Waals surface area contributed by atoms with Gasteiger partial charge in [0.2, 0.25) is 5.91 Å². The molecule has 2 aliphatic carbocycles. The van der Waals surface area contributed by atoms with Gasteiger partial charge in [0, 0.05) is 19.0 Å². The van der Waals surface area contributed by atoms with Crippen LogP contribution in [0.15, 0.2) is 0 Å². The van der Waals surface area contributed by atoms with Crippen LogP contribution in [0.25, 0.3) is 0 Å². The molecule has 4 nitrogen and oxygen atoms in total. The van der Waals surface area contributed by atoms with E-state index in [9.17, 15) is 4.79 Å². The summed E-state index contributed by atoms with van der Waals surface area (Å²) in [6, 6.07) is 0.441. The van der Waals surface area contributed by atoms with E-state index in [2.05, 4.69) is 12.2 Å². The maximum absolute atomic E-state index is 11.6. The van der Waals surface area contributed by atoms with Crippen molar-refractivity contribution in [3.8, 4) is 0 Å². The fourth-order valence-electron chi connectivity index (χ4n) is 2.58. The molecule has 2 fully saturated rings. The third-order valence-electron chi connectivity index (χ3n) is 4.24. The Kier molecular flexibility index (Phi) is 4.62. The van der Waals surface area contributed by atoms with Crippen molar-refractivity contribution in [2.45, 2.75) is 63.5 Å². The highest BCUT2D eigenvalue weighted by atomic mass is 16.5. The van der Waals surface area contributed by atoms with Gasteiger partial charge in [-0.25, -0.2) is 0 Å². The average molecular weight is 254 g/mol. The maximum Gasteiger partial charge on any atom is 0.222 e. The van der Waals surface area contributed by atoms with Crippen LogP contribution in [0.5, 0.6) is 0 Å². The van der Waals surface area contributed by atoms with E-state index in [1.807, 2.05) is 0 Å². The minimum absolute atomic E-state index is 0.119. The van der Waals surface area contributed by atoms with E-state index in [-0.39, 0.29) is 11.5 Å². The second-order valence-corrected chi connectivity index (χ2v) is 6.01. The topological polar surface area (TPSA) is 64.3 Å². The molecular weight excluding hydrogens is 228 g/mol. The molecule has 0 heterocycles. The second kappa shape index (κ2) is 6.02. The quantitative estimate of drug-likeness (QED) is 0.756. The van der Waals surface area contributed by atoms with Crippen molar-refractivity contribution in [1.82, 2.24) is 5.32 Å². The van der Waals surface area contributed by atoms with Crippen LogP contribution in [0.3, 0.4) is 0 Å². The number of hydrogen-bond donors (Lipinski definition) is 2. The molecule has 2 rings (SSSR count). The molecule has 2 saturated carbocycles. The van der Waals surface area contributed by atoms with Crippen molar-refractivity contribution in [3.05, 3.63) is 0 Å². The molecule has 1 amide bonds. The summed E-state index contributed by atoms with van der Waals surface area (Å²) in [5.41, 5.74) is 5.71. The second-order valence-electron chi connectivity index (χ2n) is 6.01. The number of ether oxygens (including phenoxy) is 1. The monoisotopic (exact) mass is 254 g/mol. The van der Waals surface area contributed by atoms with Crippen LogP contribution in [-0.2, 0) is 9.53 Å². The molecule has 0 aromatic rings. The Labute approximate surface area is 110 Å². The van der Waals surface area contributed by atoms with Crippen molar-refractivity contribution < 1.29 is 9.53 Å². The van der Waals surface area contributed by atoms with E-state index in [0.29, 0.717) is 25.6 Å². The summed E-state index contributed by atoms with van der Waals surface area (Å²) in [5.74, 6) is 0.903. The number of nitrogens with two attached hydrogens (primary N) is 1. The molecule has 2 aliphatic rings. The van der Waals surface area contributed by atoms with Gasteiger partial charge in [-0.1, -0.05) is 6.92 Å². The fourth-order valence-corrected chi connectivity index (χ4v) is 2.58. The van der Waals surface area contributed by atoms with Crippen molar-refractivity contribution in [2.75, 3.05) is 13.2 Å². The predicted molar refractivity (Wildman–Crippen MR) is 71.2 cm³/mol. The number of rotatable bonds is 6. The lowest BCUT2D eigenvalue weighted by molar-refractivity contribution is -0.125. The van der Waals surface area contributed by atoms with E-state index < -0.39 is 0 Å². The van der Waals surface area contributed by atoms with Crippen LogP contribution in [0.1, 0.15) is 51.9 Å². The van der Waals surface area contributed by atoms with Gasteiger partial charge < -0.3 is 15.8 Å². The Bertz CT molecular complexity index is 282. The number of carbonyl (C=O) groups is 1. The van der Waals surface area contributed by atoms with Crippen LogP contribution in [0.4, 0.5) is 0 Å². The van der Waals surface area contributed by atoms with Crippen LogP contribution in [0, 0.1) is 5.92 Å². The normalized spacial score (nSPS) is 32.2. The van der Waals surface area contributed by atoms with Gasteiger partial charge in [0.15, 0.2) is 0 Å². The van der Waals surface area contributed by atoms with Crippen LogP contribution < -0.4 is 11.1 Å². The molecule has 0 aromatic carbocycles. The molecule has 3 N–H and O–H groups in total. The summed E-state index contributed by atoms with van der Waals surface area (Å²) < 4.78 is 5.95. The first-order valence-corrected chi connectivity index (χ1v) is 7.27. The van der Waals surface area contributed by atoms with Crippen LogP contribution in [0.2, 0.25) is 0 Å². The third-order valence-corrected chi connectivity index (χ3v) is 4.24. The lowest BCUT2D eigenvalue weighted by Crippen LogP contribution is -2.44. The highest BCUT2D eigenvalue weighted by molar-refractivity contribution is 5.76. The Balaban J connectivity index is 1.67. The predicted octanol–water partition coefficient (Wildman–Crippen LogP) is 1.58. The number of hydrogen-bond acceptors (Lipinski definition) is 3. The van der Waals surface area contributed by atoms with Crippen molar-refractivity contribution in [3.63, 3.8) is 0 Å². The minimum atomic E-state index is -0.160. The average Bonchev–Trinajstić information content (AvgIpc) is 3.16. The summed E-state index contributed by atoms with van der Waals surface area (Å²) >= 11 is 0. The standard InChI is InChI=1S/C14H26N2O2/c1-11-4-7-14(10-15,8-5-11)18-9-6-13(17)16-12-2-3-12/h11-12H,2-10,15H2,1H3,(H,16,17). The molecule has 104 valence electrons. The van der Waals surface area contributed by atoms with Gasteiger partial charge in [-0.05, 0) is 44.4 Å². The number of carbonyl (C=O) groups excluding carboxylic acids is 1. The molecule has 0 atom stereocenters. The Morgan fingerprint density at radius 1 is 1.33 bits per heavy atom. The molecule has 0 spiro atoms. The molecule has 0 aromatic heterocycles. The van der Waals surface area contributed by atoms with Crippen LogP contribution >= 0.6 is 0 Å². The first-order valence-electron chi connectivity index (χ1n) is 7.27. The summed E-state index contributed by atoms with van der Waals surface area (Å²) in [6.07, 6.45) is 7.18. The number of nitrogens with one attached hydrogen (secondary N) is 1. The van der Waals surface area contributed by atoms with Gasteiger partial charge >= 0.3 is 0 Å². The third kappa shape index (κ3) is 3.95. The molecule has 0 saturated heterocycles. The smallest absolute Gasteiger partial charge is 0.222 e.